The van der Waals surface area contributed by atoms with Crippen LogP contribution in [0.25, 0.3) is 0 Å². The second-order valence-electron chi connectivity index (χ2n) is 7.09. The topological polar surface area (TPSA) is 68.7 Å². The highest BCUT2D eigenvalue weighted by molar-refractivity contribution is 7.09. The lowest BCUT2D eigenvalue weighted by Gasteiger charge is -2.36. The predicted molar refractivity (Wildman–Crippen MR) is 103 cm³/mol. The molecule has 0 bridgehead atoms. The van der Waals surface area contributed by atoms with Gasteiger partial charge in [-0.2, -0.15) is 0 Å². The fraction of sp³-hybridized carbons (Fsp3) is 0.474. The van der Waals surface area contributed by atoms with Crippen LogP contribution < -0.4 is 10.2 Å². The summed E-state index contributed by atoms with van der Waals surface area (Å²) >= 11 is 1.64. The first-order valence-electron chi connectivity index (χ1n) is 9.11. The van der Waals surface area contributed by atoms with Gasteiger partial charge in [-0.3, -0.25) is 0 Å². The maximum absolute atomic E-state index is 12.8. The third kappa shape index (κ3) is 3.77. The second-order valence-corrected chi connectivity index (χ2v) is 7.98. The highest BCUT2D eigenvalue weighted by Crippen LogP contribution is 2.42. The number of amides is 2. The van der Waals surface area contributed by atoms with E-state index < -0.39 is 0 Å². The lowest BCUT2D eigenvalue weighted by Crippen LogP contribution is -2.52. The SMILES string of the molecule is Cc1csc(C(NC(=O)N2CCN(c3cccc(O)c3)CC2)C2CC2)n1. The number of phenols is 1. The summed E-state index contributed by atoms with van der Waals surface area (Å²) in [6.07, 6.45) is 2.32. The summed E-state index contributed by atoms with van der Waals surface area (Å²) in [6.45, 7) is 4.88. The van der Waals surface area contributed by atoms with E-state index in [9.17, 15) is 9.90 Å². The minimum absolute atomic E-state index is 0.00492. The molecule has 2 aromatic rings. The molecular formula is C19H24N4O2S. The van der Waals surface area contributed by atoms with Gasteiger partial charge >= 0.3 is 6.03 Å². The van der Waals surface area contributed by atoms with Crippen molar-refractivity contribution in [2.75, 3.05) is 31.1 Å². The lowest BCUT2D eigenvalue weighted by molar-refractivity contribution is 0.188. The summed E-state index contributed by atoms with van der Waals surface area (Å²) in [6, 6.07) is 7.33. The maximum atomic E-state index is 12.8. The van der Waals surface area contributed by atoms with Crippen LogP contribution in [0.3, 0.4) is 0 Å². The van der Waals surface area contributed by atoms with Gasteiger partial charge in [-0.1, -0.05) is 6.07 Å². The Kier molecular flexibility index (Phi) is 4.72. The minimum Gasteiger partial charge on any atom is -0.508 e. The van der Waals surface area contributed by atoms with Crippen LogP contribution in [-0.2, 0) is 0 Å². The molecule has 6 nitrogen and oxygen atoms in total. The molecule has 2 heterocycles. The molecule has 1 saturated heterocycles. The number of aromatic nitrogens is 1. The average molecular weight is 372 g/mol. The number of nitrogens with zero attached hydrogens (tertiary/aromatic N) is 3. The molecule has 2 fully saturated rings. The number of nitrogens with one attached hydrogen (secondary N) is 1. The molecule has 0 radical (unpaired) electrons. The Morgan fingerprint density at radius 2 is 2.08 bits per heavy atom. The number of hydrogen-bond donors (Lipinski definition) is 2. The summed E-state index contributed by atoms with van der Waals surface area (Å²) < 4.78 is 0. The lowest BCUT2D eigenvalue weighted by atomic mass is 10.2. The normalized spacial score (nSPS) is 18.7. The molecule has 2 amide bonds. The Bertz CT molecular complexity index is 781. The zero-order valence-electron chi connectivity index (χ0n) is 14.9. The molecule has 26 heavy (non-hydrogen) atoms. The van der Waals surface area contributed by atoms with E-state index in [-0.39, 0.29) is 17.8 Å². The van der Waals surface area contributed by atoms with Crippen LogP contribution >= 0.6 is 11.3 Å². The zero-order valence-corrected chi connectivity index (χ0v) is 15.7. The Balaban J connectivity index is 1.36. The van der Waals surface area contributed by atoms with E-state index in [1.54, 1.807) is 23.5 Å². The van der Waals surface area contributed by atoms with Gasteiger partial charge in [0.2, 0.25) is 0 Å². The van der Waals surface area contributed by atoms with Crippen molar-refractivity contribution >= 4 is 23.1 Å². The van der Waals surface area contributed by atoms with Crippen molar-refractivity contribution in [3.8, 4) is 5.75 Å². The third-order valence-electron chi connectivity index (χ3n) is 5.04. The number of piperazine rings is 1. The van der Waals surface area contributed by atoms with Gasteiger partial charge in [-0.15, -0.1) is 11.3 Å². The number of anilines is 1. The van der Waals surface area contributed by atoms with Crippen LogP contribution in [0, 0.1) is 12.8 Å². The molecule has 1 aromatic heterocycles. The zero-order chi connectivity index (χ0) is 18.1. The number of benzene rings is 1. The fourth-order valence-electron chi connectivity index (χ4n) is 3.41. The number of carbonyl (C=O) groups is 1. The Morgan fingerprint density at radius 1 is 1.31 bits per heavy atom. The monoisotopic (exact) mass is 372 g/mol. The van der Waals surface area contributed by atoms with Crippen LogP contribution in [0.15, 0.2) is 29.6 Å². The Hall–Kier alpha value is -2.28. The molecular weight excluding hydrogens is 348 g/mol. The average Bonchev–Trinajstić information content (AvgIpc) is 3.40. The van der Waals surface area contributed by atoms with E-state index in [0.717, 1.165) is 42.3 Å². The standard InChI is InChI=1S/C19H24N4O2S/c1-13-12-26-18(20-13)17(14-5-6-14)21-19(25)23-9-7-22(8-10-23)15-3-2-4-16(24)11-15/h2-4,11-12,14,17,24H,5-10H2,1H3,(H,21,25). The smallest absolute Gasteiger partial charge is 0.318 e. The molecule has 1 aliphatic carbocycles. The largest absolute Gasteiger partial charge is 0.508 e. The van der Waals surface area contributed by atoms with E-state index in [2.05, 4.69) is 15.2 Å². The van der Waals surface area contributed by atoms with E-state index in [0.29, 0.717) is 19.0 Å². The Morgan fingerprint density at radius 3 is 2.69 bits per heavy atom. The van der Waals surface area contributed by atoms with Crippen LogP contribution in [0.2, 0.25) is 0 Å². The molecule has 4 rings (SSSR count). The van der Waals surface area contributed by atoms with Crippen LogP contribution in [0.1, 0.15) is 29.6 Å². The van der Waals surface area contributed by atoms with Crippen molar-refractivity contribution in [3.05, 3.63) is 40.3 Å². The molecule has 1 atom stereocenters. The number of thiazole rings is 1. The van der Waals surface area contributed by atoms with E-state index in [4.69, 9.17) is 0 Å². The van der Waals surface area contributed by atoms with Gasteiger partial charge in [0, 0.05) is 49.0 Å². The molecule has 138 valence electrons. The summed E-state index contributed by atoms with van der Waals surface area (Å²) in [5.41, 5.74) is 2.02. The first-order chi connectivity index (χ1) is 12.6. The molecule has 1 unspecified atom stereocenters. The van der Waals surface area contributed by atoms with Crippen molar-refractivity contribution in [2.24, 2.45) is 5.92 Å². The van der Waals surface area contributed by atoms with E-state index in [1.807, 2.05) is 29.3 Å². The second kappa shape index (κ2) is 7.15. The number of urea groups is 1. The number of rotatable bonds is 4. The maximum Gasteiger partial charge on any atom is 0.318 e. The highest BCUT2D eigenvalue weighted by Gasteiger charge is 2.36. The molecule has 0 spiro atoms. The first-order valence-corrected chi connectivity index (χ1v) is 9.99. The summed E-state index contributed by atoms with van der Waals surface area (Å²) in [7, 11) is 0. The molecule has 2 N–H and O–H groups in total. The Labute approximate surface area is 157 Å². The molecule has 1 aliphatic heterocycles. The number of phenolic OH excluding ortho intramolecular Hbond substituents is 1. The molecule has 2 aliphatic rings. The predicted octanol–water partition coefficient (Wildman–Crippen LogP) is 3.14. The summed E-state index contributed by atoms with van der Waals surface area (Å²) in [5.74, 6) is 0.798. The molecule has 1 saturated carbocycles. The van der Waals surface area contributed by atoms with Gasteiger partial charge in [0.05, 0.1) is 6.04 Å². The van der Waals surface area contributed by atoms with E-state index in [1.165, 1.54) is 0 Å². The number of hydrogen-bond acceptors (Lipinski definition) is 5. The fourth-order valence-corrected chi connectivity index (χ4v) is 4.35. The van der Waals surface area contributed by atoms with Crippen molar-refractivity contribution < 1.29 is 9.90 Å². The van der Waals surface area contributed by atoms with Gasteiger partial charge in [-0.25, -0.2) is 9.78 Å². The van der Waals surface area contributed by atoms with Crippen molar-refractivity contribution in [1.29, 1.82) is 0 Å². The summed E-state index contributed by atoms with van der Waals surface area (Å²) in [4.78, 5) is 21.4. The van der Waals surface area contributed by atoms with E-state index >= 15 is 0 Å². The van der Waals surface area contributed by atoms with Gasteiger partial charge in [0.1, 0.15) is 10.8 Å². The van der Waals surface area contributed by atoms with Crippen LogP contribution in [0.4, 0.5) is 10.5 Å². The molecule has 1 aromatic carbocycles. The number of aryl methyl sites for hydroxylation is 1. The van der Waals surface area contributed by atoms with Crippen molar-refractivity contribution in [2.45, 2.75) is 25.8 Å². The third-order valence-corrected chi connectivity index (χ3v) is 6.08. The van der Waals surface area contributed by atoms with Gasteiger partial charge < -0.3 is 20.2 Å². The van der Waals surface area contributed by atoms with Gasteiger partial charge in [0.25, 0.3) is 0 Å². The van der Waals surface area contributed by atoms with Crippen LogP contribution in [-0.4, -0.2) is 47.2 Å². The number of aromatic hydroxyl groups is 1. The minimum atomic E-state index is 0.00492. The van der Waals surface area contributed by atoms with Gasteiger partial charge in [0.15, 0.2) is 0 Å². The van der Waals surface area contributed by atoms with Gasteiger partial charge in [-0.05, 0) is 37.8 Å². The van der Waals surface area contributed by atoms with Crippen molar-refractivity contribution in [3.63, 3.8) is 0 Å². The first kappa shape index (κ1) is 17.1. The van der Waals surface area contributed by atoms with Crippen LogP contribution in [0.5, 0.6) is 5.75 Å². The quantitative estimate of drug-likeness (QED) is 0.865. The summed E-state index contributed by atoms with van der Waals surface area (Å²) in [5, 5.41) is 15.9. The highest BCUT2D eigenvalue weighted by atomic mass is 32.1. The molecule has 7 heteroatoms. The van der Waals surface area contributed by atoms with Crippen molar-refractivity contribution in [1.82, 2.24) is 15.2 Å². The number of carbonyl (C=O) groups excluding carboxylic acids is 1.